The first kappa shape index (κ1) is 17.4. The summed E-state index contributed by atoms with van der Waals surface area (Å²) in [6, 6.07) is 13.1. The molecule has 0 amide bonds. The molecule has 1 aliphatic rings. The Hall–Kier alpha value is -1.43. The van der Waals surface area contributed by atoms with Crippen LogP contribution in [0.5, 0.6) is 0 Å². The standard InChI is InChI=1S/C18H19ClFNO2S/c19-16-10-8-14(9-11-16)15-5-3-4-12-21(13-15)24(22,23)18-7-2-1-6-17(18)20/h1-2,6-11,15H,3-5,12-13H2. The van der Waals surface area contributed by atoms with Crippen LogP contribution in [0.2, 0.25) is 5.02 Å². The first-order valence-electron chi connectivity index (χ1n) is 7.98. The highest BCUT2D eigenvalue weighted by molar-refractivity contribution is 7.89. The Morgan fingerprint density at radius 2 is 1.75 bits per heavy atom. The maximum absolute atomic E-state index is 14.0. The molecule has 128 valence electrons. The summed E-state index contributed by atoms with van der Waals surface area (Å²) in [4.78, 5) is -0.248. The van der Waals surface area contributed by atoms with E-state index in [4.69, 9.17) is 11.6 Å². The quantitative estimate of drug-likeness (QED) is 0.804. The topological polar surface area (TPSA) is 37.4 Å². The van der Waals surface area contributed by atoms with E-state index in [9.17, 15) is 12.8 Å². The third-order valence-corrected chi connectivity index (χ3v) is 6.58. The predicted molar refractivity (Wildman–Crippen MR) is 93.2 cm³/mol. The zero-order chi connectivity index (χ0) is 17.2. The van der Waals surface area contributed by atoms with Crippen molar-refractivity contribution < 1.29 is 12.8 Å². The number of nitrogens with zero attached hydrogens (tertiary/aromatic N) is 1. The van der Waals surface area contributed by atoms with Crippen LogP contribution in [-0.4, -0.2) is 25.8 Å². The molecule has 1 aliphatic heterocycles. The maximum atomic E-state index is 14.0. The lowest BCUT2D eigenvalue weighted by molar-refractivity contribution is 0.403. The van der Waals surface area contributed by atoms with Gasteiger partial charge in [-0.15, -0.1) is 0 Å². The van der Waals surface area contributed by atoms with Crippen molar-refractivity contribution in [3.05, 3.63) is 64.9 Å². The van der Waals surface area contributed by atoms with E-state index in [2.05, 4.69) is 0 Å². The minimum atomic E-state index is -3.83. The van der Waals surface area contributed by atoms with Crippen molar-refractivity contribution >= 4 is 21.6 Å². The molecule has 0 aromatic heterocycles. The van der Waals surface area contributed by atoms with Crippen LogP contribution in [0.3, 0.4) is 0 Å². The van der Waals surface area contributed by atoms with Gasteiger partial charge >= 0.3 is 0 Å². The molecule has 2 aromatic rings. The fourth-order valence-electron chi connectivity index (χ4n) is 3.13. The zero-order valence-electron chi connectivity index (χ0n) is 13.2. The highest BCUT2D eigenvalue weighted by atomic mass is 35.5. The molecule has 24 heavy (non-hydrogen) atoms. The van der Waals surface area contributed by atoms with Crippen LogP contribution in [-0.2, 0) is 10.0 Å². The van der Waals surface area contributed by atoms with E-state index < -0.39 is 15.8 Å². The molecule has 1 atom stereocenters. The van der Waals surface area contributed by atoms with Crippen LogP contribution in [0.15, 0.2) is 53.4 Å². The molecule has 3 nitrogen and oxygen atoms in total. The highest BCUT2D eigenvalue weighted by Gasteiger charge is 2.31. The van der Waals surface area contributed by atoms with Gasteiger partial charge in [0.15, 0.2) is 0 Å². The van der Waals surface area contributed by atoms with Crippen LogP contribution >= 0.6 is 11.6 Å². The van der Waals surface area contributed by atoms with Gasteiger partial charge in [0.2, 0.25) is 10.0 Å². The van der Waals surface area contributed by atoms with Gasteiger partial charge in [0.1, 0.15) is 10.7 Å². The molecular weight excluding hydrogens is 349 g/mol. The SMILES string of the molecule is O=S(=O)(c1ccccc1F)N1CCCCC(c2ccc(Cl)cc2)C1. The van der Waals surface area contributed by atoms with Crippen molar-refractivity contribution in [1.29, 1.82) is 0 Å². The summed E-state index contributed by atoms with van der Waals surface area (Å²) in [6.07, 6.45) is 2.62. The second-order valence-corrected chi connectivity index (χ2v) is 8.38. The van der Waals surface area contributed by atoms with Gasteiger partial charge in [-0.3, -0.25) is 0 Å². The lowest BCUT2D eigenvalue weighted by atomic mass is 9.95. The Morgan fingerprint density at radius 3 is 2.46 bits per heavy atom. The Morgan fingerprint density at radius 1 is 1.04 bits per heavy atom. The van der Waals surface area contributed by atoms with Gasteiger partial charge in [-0.05, 0) is 48.6 Å². The molecule has 0 radical (unpaired) electrons. The minimum absolute atomic E-state index is 0.0892. The lowest BCUT2D eigenvalue weighted by Crippen LogP contribution is -2.34. The molecule has 1 heterocycles. The van der Waals surface area contributed by atoms with Crippen LogP contribution in [0.1, 0.15) is 30.7 Å². The van der Waals surface area contributed by atoms with Gasteiger partial charge in [-0.1, -0.05) is 42.3 Å². The van der Waals surface area contributed by atoms with Gasteiger partial charge in [0.05, 0.1) is 0 Å². The Labute approximate surface area is 147 Å². The number of halogens is 2. The van der Waals surface area contributed by atoms with Crippen LogP contribution in [0, 0.1) is 5.82 Å². The van der Waals surface area contributed by atoms with Gasteiger partial charge in [0.25, 0.3) is 0 Å². The van der Waals surface area contributed by atoms with Crippen molar-refractivity contribution in [3.8, 4) is 0 Å². The third-order valence-electron chi connectivity index (χ3n) is 4.43. The van der Waals surface area contributed by atoms with Crippen molar-refractivity contribution in [3.63, 3.8) is 0 Å². The first-order chi connectivity index (χ1) is 11.5. The number of rotatable bonds is 3. The van der Waals surface area contributed by atoms with E-state index in [1.54, 1.807) is 6.07 Å². The predicted octanol–water partition coefficient (Wildman–Crippen LogP) is 4.44. The maximum Gasteiger partial charge on any atom is 0.246 e. The van der Waals surface area contributed by atoms with Crippen LogP contribution < -0.4 is 0 Å². The number of benzene rings is 2. The summed E-state index contributed by atoms with van der Waals surface area (Å²) in [5.41, 5.74) is 1.06. The van der Waals surface area contributed by atoms with Crippen molar-refractivity contribution in [2.45, 2.75) is 30.1 Å². The monoisotopic (exact) mass is 367 g/mol. The van der Waals surface area contributed by atoms with E-state index in [0.29, 0.717) is 18.1 Å². The summed E-state index contributed by atoms with van der Waals surface area (Å²) in [5, 5.41) is 0.656. The van der Waals surface area contributed by atoms with Gasteiger partial charge < -0.3 is 0 Å². The molecule has 0 saturated carbocycles. The average Bonchev–Trinajstić information content (AvgIpc) is 2.82. The summed E-state index contributed by atoms with van der Waals surface area (Å²) < 4.78 is 41.1. The molecule has 1 unspecified atom stereocenters. The van der Waals surface area contributed by atoms with E-state index in [1.807, 2.05) is 24.3 Å². The smallest absolute Gasteiger partial charge is 0.207 e. The Balaban J connectivity index is 1.90. The minimum Gasteiger partial charge on any atom is -0.207 e. The first-order valence-corrected chi connectivity index (χ1v) is 9.80. The summed E-state index contributed by atoms with van der Waals surface area (Å²) in [7, 11) is -3.83. The molecule has 0 spiro atoms. The van der Waals surface area contributed by atoms with E-state index in [1.165, 1.54) is 22.5 Å². The van der Waals surface area contributed by atoms with Crippen LogP contribution in [0.4, 0.5) is 4.39 Å². The van der Waals surface area contributed by atoms with Crippen LogP contribution in [0.25, 0.3) is 0 Å². The lowest BCUT2D eigenvalue weighted by Gasteiger charge is -2.24. The molecule has 3 rings (SSSR count). The molecule has 1 fully saturated rings. The molecule has 2 aromatic carbocycles. The largest absolute Gasteiger partial charge is 0.246 e. The van der Waals surface area contributed by atoms with Crippen molar-refractivity contribution in [1.82, 2.24) is 4.31 Å². The normalized spacial score (nSPS) is 19.8. The van der Waals surface area contributed by atoms with Crippen molar-refractivity contribution in [2.75, 3.05) is 13.1 Å². The van der Waals surface area contributed by atoms with E-state index >= 15 is 0 Å². The van der Waals surface area contributed by atoms with Gasteiger partial charge in [0, 0.05) is 18.1 Å². The number of sulfonamides is 1. The molecule has 0 N–H and O–H groups in total. The highest BCUT2D eigenvalue weighted by Crippen LogP contribution is 2.30. The molecule has 0 aliphatic carbocycles. The van der Waals surface area contributed by atoms with E-state index in [-0.39, 0.29) is 10.8 Å². The van der Waals surface area contributed by atoms with Gasteiger partial charge in [-0.25, -0.2) is 12.8 Å². The fraction of sp³-hybridized carbons (Fsp3) is 0.333. The number of hydrogen-bond acceptors (Lipinski definition) is 2. The molecule has 6 heteroatoms. The Kier molecular flexibility index (Phi) is 5.23. The number of hydrogen-bond donors (Lipinski definition) is 0. The zero-order valence-corrected chi connectivity index (χ0v) is 14.7. The third kappa shape index (κ3) is 3.63. The second kappa shape index (κ2) is 7.21. The second-order valence-electron chi connectivity index (χ2n) is 6.04. The average molecular weight is 368 g/mol. The van der Waals surface area contributed by atoms with Gasteiger partial charge in [-0.2, -0.15) is 4.31 Å². The molecular formula is C18H19ClFNO2S. The summed E-state index contributed by atoms with van der Waals surface area (Å²) >= 11 is 5.93. The summed E-state index contributed by atoms with van der Waals surface area (Å²) in [6.45, 7) is 0.777. The van der Waals surface area contributed by atoms with E-state index in [0.717, 1.165) is 24.8 Å². The summed E-state index contributed by atoms with van der Waals surface area (Å²) in [5.74, 6) is -0.615. The fourth-order valence-corrected chi connectivity index (χ4v) is 4.84. The van der Waals surface area contributed by atoms with Crippen molar-refractivity contribution in [2.24, 2.45) is 0 Å². The molecule has 0 bridgehead atoms. The molecule has 1 saturated heterocycles. The Bertz CT molecular complexity index is 808.